The summed E-state index contributed by atoms with van der Waals surface area (Å²) < 4.78 is 24.9. The van der Waals surface area contributed by atoms with Crippen molar-refractivity contribution < 1.29 is 8.78 Å². The third kappa shape index (κ3) is 2.86. The average Bonchev–Trinajstić information content (AvgIpc) is 2.20. The van der Waals surface area contributed by atoms with E-state index in [9.17, 15) is 8.78 Å². The number of rotatable bonds is 3. The van der Waals surface area contributed by atoms with E-state index < -0.39 is 12.1 Å². The summed E-state index contributed by atoms with van der Waals surface area (Å²) in [6.07, 6.45) is -2.73. The van der Waals surface area contributed by atoms with Gasteiger partial charge in [-0.15, -0.1) is 0 Å². The molecule has 1 rings (SSSR count). The fraction of sp³-hybridized carbons (Fsp3) is 0.333. The molecule has 6 heteroatoms. The first-order chi connectivity index (χ1) is 7.10. The number of hydrogen-bond donors (Lipinski definition) is 0. The van der Waals surface area contributed by atoms with E-state index in [-0.39, 0.29) is 11.4 Å². The van der Waals surface area contributed by atoms with Gasteiger partial charge in [0.1, 0.15) is 5.69 Å². The molecule has 0 atom stereocenters. The topological polar surface area (TPSA) is 36.7 Å². The Labute approximate surface area is 99.0 Å². The van der Waals surface area contributed by atoms with E-state index in [0.29, 0.717) is 16.6 Å². The summed E-state index contributed by atoms with van der Waals surface area (Å²) in [5.41, 5.74) is 0.534. The molecule has 0 radical (unpaired) electrons. The largest absolute Gasteiger partial charge is 0.281 e. The molecule has 15 heavy (non-hydrogen) atoms. The third-order valence-corrected chi connectivity index (χ3v) is 2.68. The van der Waals surface area contributed by atoms with Gasteiger partial charge in [0.05, 0.1) is 23.2 Å². The lowest BCUT2D eigenvalue weighted by Crippen LogP contribution is -2.01. The minimum atomic E-state index is -2.72. The van der Waals surface area contributed by atoms with Gasteiger partial charge in [-0.05, 0) is 11.6 Å². The highest BCUT2D eigenvalue weighted by atomic mass is 79.9. The Morgan fingerprint density at radius 3 is 2.73 bits per heavy atom. The summed E-state index contributed by atoms with van der Waals surface area (Å²) in [4.78, 5) is 3.70. The second-order valence-corrected chi connectivity index (χ2v) is 3.70. The zero-order valence-corrected chi connectivity index (χ0v) is 9.82. The summed E-state index contributed by atoms with van der Waals surface area (Å²) in [6, 6.07) is 3.29. The van der Waals surface area contributed by atoms with Crippen molar-refractivity contribution in [3.8, 4) is 6.07 Å². The summed E-state index contributed by atoms with van der Waals surface area (Å²) >= 11 is 8.81. The van der Waals surface area contributed by atoms with Gasteiger partial charge in [-0.25, -0.2) is 13.8 Å². The second kappa shape index (κ2) is 5.38. The molecule has 0 aromatic carbocycles. The predicted molar refractivity (Wildman–Crippen MR) is 56.2 cm³/mol. The highest BCUT2D eigenvalue weighted by molar-refractivity contribution is 9.08. The van der Waals surface area contributed by atoms with Crippen molar-refractivity contribution in [3.63, 3.8) is 0 Å². The maximum Gasteiger partial charge on any atom is 0.281 e. The molecule has 0 aliphatic heterocycles. The van der Waals surface area contributed by atoms with E-state index in [1.54, 1.807) is 0 Å². The highest BCUT2D eigenvalue weighted by Crippen LogP contribution is 2.28. The van der Waals surface area contributed by atoms with Crippen molar-refractivity contribution in [2.45, 2.75) is 18.2 Å². The van der Waals surface area contributed by atoms with Gasteiger partial charge in [0.2, 0.25) is 0 Å². The van der Waals surface area contributed by atoms with Crippen molar-refractivity contribution in [3.05, 3.63) is 28.0 Å². The van der Waals surface area contributed by atoms with Gasteiger partial charge in [-0.1, -0.05) is 27.5 Å². The molecule has 1 heterocycles. The van der Waals surface area contributed by atoms with Gasteiger partial charge >= 0.3 is 0 Å². The molecule has 1 aromatic heterocycles. The molecule has 1 aromatic rings. The number of aromatic nitrogens is 1. The molecule has 0 amide bonds. The first kappa shape index (κ1) is 12.3. The summed E-state index contributed by atoms with van der Waals surface area (Å²) in [5.74, 6) is 0. The molecule has 0 saturated carbocycles. The van der Waals surface area contributed by atoms with E-state index in [1.807, 2.05) is 6.07 Å². The number of nitrogens with zero attached hydrogens (tertiary/aromatic N) is 2. The van der Waals surface area contributed by atoms with Crippen molar-refractivity contribution in [1.82, 2.24) is 4.98 Å². The molecule has 80 valence electrons. The monoisotopic (exact) mass is 294 g/mol. The summed E-state index contributed by atoms with van der Waals surface area (Å²) in [6.45, 7) is 0. The van der Waals surface area contributed by atoms with Gasteiger partial charge in [0.25, 0.3) is 6.43 Å². The zero-order chi connectivity index (χ0) is 11.4. The number of nitriles is 1. The Morgan fingerprint density at radius 1 is 1.60 bits per heavy atom. The molecule has 2 nitrogen and oxygen atoms in total. The smallest absolute Gasteiger partial charge is 0.249 e. The fourth-order valence-corrected chi connectivity index (χ4v) is 1.82. The first-order valence-electron chi connectivity index (χ1n) is 3.99. The highest BCUT2D eigenvalue weighted by Gasteiger charge is 2.17. The van der Waals surface area contributed by atoms with Crippen LogP contribution >= 0.6 is 27.5 Å². The Hall–Kier alpha value is -0.730. The van der Waals surface area contributed by atoms with Crippen LogP contribution in [-0.4, -0.2) is 4.98 Å². The number of halogens is 4. The van der Waals surface area contributed by atoms with Crippen LogP contribution in [0.5, 0.6) is 0 Å². The minimum Gasteiger partial charge on any atom is -0.249 e. The maximum absolute atomic E-state index is 12.4. The average molecular weight is 296 g/mol. The van der Waals surface area contributed by atoms with Crippen molar-refractivity contribution >= 4 is 27.5 Å². The molecule has 0 fully saturated rings. The fourth-order valence-electron chi connectivity index (χ4n) is 1.08. The molecule has 0 N–H and O–H groups in total. The number of hydrogen-bond acceptors (Lipinski definition) is 2. The lowest BCUT2D eigenvalue weighted by molar-refractivity contribution is 0.146. The molecular weight excluding hydrogens is 289 g/mol. The lowest BCUT2D eigenvalue weighted by atomic mass is 10.1. The van der Waals surface area contributed by atoms with Crippen LogP contribution in [0.25, 0.3) is 0 Å². The van der Waals surface area contributed by atoms with Crippen LogP contribution in [0.15, 0.2) is 6.07 Å². The minimum absolute atomic E-state index is 0.00216. The Kier molecular flexibility index (Phi) is 4.43. The first-order valence-corrected chi connectivity index (χ1v) is 5.49. The second-order valence-electron chi connectivity index (χ2n) is 2.73. The van der Waals surface area contributed by atoms with Crippen LogP contribution < -0.4 is 0 Å². The van der Waals surface area contributed by atoms with E-state index in [4.69, 9.17) is 16.9 Å². The van der Waals surface area contributed by atoms with Crippen molar-refractivity contribution in [2.24, 2.45) is 0 Å². The van der Waals surface area contributed by atoms with Crippen LogP contribution in [0.4, 0.5) is 8.78 Å². The van der Waals surface area contributed by atoms with E-state index >= 15 is 0 Å². The molecular formula is C9H6BrClF2N2. The van der Waals surface area contributed by atoms with Gasteiger partial charge < -0.3 is 0 Å². The summed E-state index contributed by atoms with van der Waals surface area (Å²) in [5, 5.41) is 8.88. The Bertz CT molecular complexity index is 404. The van der Waals surface area contributed by atoms with Gasteiger partial charge in [0.15, 0.2) is 0 Å². The standard InChI is InChI=1S/C9H6BrClF2N2/c10-4-5-3-6(11)8(9(12)13)15-7(5)1-2-14/h3,9H,1,4H2. The van der Waals surface area contributed by atoms with Crippen molar-refractivity contribution in [2.75, 3.05) is 0 Å². The van der Waals surface area contributed by atoms with Crippen molar-refractivity contribution in [1.29, 1.82) is 5.26 Å². The van der Waals surface area contributed by atoms with Crippen LogP contribution in [0, 0.1) is 11.3 Å². The normalized spacial score (nSPS) is 10.4. The molecule has 0 unspecified atom stereocenters. The zero-order valence-electron chi connectivity index (χ0n) is 7.48. The maximum atomic E-state index is 12.4. The molecule has 0 spiro atoms. The summed E-state index contributed by atoms with van der Waals surface area (Å²) in [7, 11) is 0. The number of pyridine rings is 1. The Morgan fingerprint density at radius 2 is 2.27 bits per heavy atom. The van der Waals surface area contributed by atoms with E-state index in [0.717, 1.165) is 0 Å². The molecule has 0 saturated heterocycles. The van der Waals surface area contributed by atoms with Gasteiger partial charge in [-0.3, -0.25) is 0 Å². The molecule has 0 bridgehead atoms. The van der Waals surface area contributed by atoms with Crippen LogP contribution in [-0.2, 0) is 11.8 Å². The van der Waals surface area contributed by atoms with Crippen LogP contribution in [0.2, 0.25) is 5.02 Å². The SMILES string of the molecule is N#CCc1nc(C(F)F)c(Cl)cc1CBr. The van der Waals surface area contributed by atoms with E-state index in [1.165, 1.54) is 6.07 Å². The Balaban J connectivity index is 3.25. The van der Waals surface area contributed by atoms with Crippen LogP contribution in [0.3, 0.4) is 0 Å². The third-order valence-electron chi connectivity index (χ3n) is 1.77. The number of alkyl halides is 3. The molecule has 0 aliphatic carbocycles. The molecule has 0 aliphatic rings. The quantitative estimate of drug-likeness (QED) is 0.798. The van der Waals surface area contributed by atoms with Gasteiger partial charge in [-0.2, -0.15) is 5.26 Å². The lowest BCUT2D eigenvalue weighted by Gasteiger charge is -2.08. The van der Waals surface area contributed by atoms with Crippen LogP contribution in [0.1, 0.15) is 23.4 Å². The predicted octanol–water partition coefficient (Wildman–Crippen LogP) is 3.63. The van der Waals surface area contributed by atoms with Gasteiger partial charge in [0, 0.05) is 5.33 Å². The van der Waals surface area contributed by atoms with E-state index in [2.05, 4.69) is 20.9 Å².